The fraction of sp³-hybridized carbons (Fsp3) is 0.914. The molecule has 9 N–H and O–H groups in total. The smallest absolute Gasteiger partial charge is 0.393 e. The number of amides is 1. The first kappa shape index (κ1) is 68.8. The first-order valence-electron chi connectivity index (χ1n) is 29.9. The number of hydrogen-bond acceptors (Lipinski definition) is 11. The van der Waals surface area contributed by atoms with Crippen molar-refractivity contribution in [2.75, 3.05) is 6.61 Å². The third kappa shape index (κ3) is 37.5. The van der Waals surface area contributed by atoms with Gasteiger partial charge in [-0.2, -0.15) is 0 Å². The van der Waals surface area contributed by atoms with E-state index in [1.54, 1.807) is 0 Å². The zero-order chi connectivity index (χ0) is 52.9. The van der Waals surface area contributed by atoms with Crippen molar-refractivity contribution in [3.63, 3.8) is 0 Å². The molecule has 8 atom stereocenters. The van der Waals surface area contributed by atoms with Crippen LogP contribution in [0.3, 0.4) is 0 Å². The lowest BCUT2D eigenvalue weighted by Crippen LogP contribution is -2.64. The Labute approximate surface area is 439 Å². The van der Waals surface area contributed by atoms with Crippen LogP contribution in [0.2, 0.25) is 0 Å². The molecule has 1 fully saturated rings. The number of nitrogens with one attached hydrogen (secondary N) is 1. The zero-order valence-electron chi connectivity index (χ0n) is 45.9. The van der Waals surface area contributed by atoms with Crippen LogP contribution >= 0.6 is 7.82 Å². The van der Waals surface area contributed by atoms with Crippen molar-refractivity contribution in [1.82, 2.24) is 5.32 Å². The molecular formula is C58H112NO12P. The van der Waals surface area contributed by atoms with Gasteiger partial charge in [-0.15, -0.1) is 0 Å². The Kier molecular flexibility index (Phi) is 44.9. The van der Waals surface area contributed by atoms with Gasteiger partial charge in [-0.3, -0.25) is 13.8 Å². The minimum Gasteiger partial charge on any atom is -0.393 e. The largest absolute Gasteiger partial charge is 0.472 e. The summed E-state index contributed by atoms with van der Waals surface area (Å²) in [6, 6.07) is -1.16. The van der Waals surface area contributed by atoms with Crippen LogP contribution in [0.25, 0.3) is 0 Å². The summed E-state index contributed by atoms with van der Waals surface area (Å²) in [5.41, 5.74) is 0. The number of phosphoric ester groups is 1. The van der Waals surface area contributed by atoms with Gasteiger partial charge in [-0.1, -0.05) is 250 Å². The van der Waals surface area contributed by atoms with E-state index in [0.29, 0.717) is 12.8 Å². The van der Waals surface area contributed by atoms with Crippen LogP contribution in [-0.2, 0) is 18.4 Å². The summed E-state index contributed by atoms with van der Waals surface area (Å²) in [5, 5.41) is 75.1. The second-order valence-corrected chi connectivity index (χ2v) is 22.8. The summed E-state index contributed by atoms with van der Waals surface area (Å²) < 4.78 is 23.1. The molecule has 1 aliphatic rings. The van der Waals surface area contributed by atoms with Gasteiger partial charge in [0.2, 0.25) is 5.91 Å². The van der Waals surface area contributed by atoms with Crippen molar-refractivity contribution in [1.29, 1.82) is 0 Å². The highest BCUT2D eigenvalue weighted by Gasteiger charge is 2.51. The number of carbonyl (C=O) groups is 1. The average molecular weight is 1050 g/mol. The predicted octanol–water partition coefficient (Wildman–Crippen LogP) is 12.7. The van der Waals surface area contributed by atoms with Gasteiger partial charge < -0.3 is 46.0 Å². The number of hydrogen-bond donors (Lipinski definition) is 9. The second kappa shape index (κ2) is 47.0. The summed E-state index contributed by atoms with van der Waals surface area (Å²) in [4.78, 5) is 23.6. The Morgan fingerprint density at radius 1 is 0.486 bits per heavy atom. The second-order valence-electron chi connectivity index (χ2n) is 21.4. The van der Waals surface area contributed by atoms with Crippen LogP contribution in [0.1, 0.15) is 277 Å². The van der Waals surface area contributed by atoms with Gasteiger partial charge in [-0.05, 0) is 44.9 Å². The summed E-state index contributed by atoms with van der Waals surface area (Å²) in [6.07, 6.45) is 42.1. The maximum absolute atomic E-state index is 13.1. The summed E-state index contributed by atoms with van der Waals surface area (Å²) >= 11 is 0. The van der Waals surface area contributed by atoms with E-state index in [0.717, 1.165) is 70.6 Å². The average Bonchev–Trinajstić information content (AvgIpc) is 3.36. The third-order valence-electron chi connectivity index (χ3n) is 14.6. The third-order valence-corrected chi connectivity index (χ3v) is 15.6. The number of aliphatic hydroxyl groups excluding tert-OH is 7. The minimum atomic E-state index is -5.13. The van der Waals surface area contributed by atoms with E-state index in [2.05, 4.69) is 43.5 Å². The normalized spacial score (nSPS) is 21.6. The van der Waals surface area contributed by atoms with Crippen molar-refractivity contribution in [3.8, 4) is 0 Å². The summed E-state index contributed by atoms with van der Waals surface area (Å²) in [7, 11) is -5.13. The molecule has 0 heterocycles. The molecule has 0 aromatic carbocycles. The van der Waals surface area contributed by atoms with Crippen molar-refractivity contribution in [2.45, 2.75) is 332 Å². The van der Waals surface area contributed by atoms with Crippen molar-refractivity contribution in [3.05, 3.63) is 24.3 Å². The molecule has 1 aliphatic carbocycles. The molecule has 1 saturated carbocycles. The molecule has 72 heavy (non-hydrogen) atoms. The van der Waals surface area contributed by atoms with Gasteiger partial charge in [0.15, 0.2) is 0 Å². The number of rotatable bonds is 51. The molecule has 0 saturated heterocycles. The lowest BCUT2D eigenvalue weighted by molar-refractivity contribution is -0.220. The highest BCUT2D eigenvalue weighted by atomic mass is 31.2. The molecule has 8 unspecified atom stereocenters. The lowest BCUT2D eigenvalue weighted by Gasteiger charge is -2.41. The van der Waals surface area contributed by atoms with Gasteiger partial charge in [-0.25, -0.2) is 4.57 Å². The Balaban J connectivity index is 2.39. The number of aliphatic hydroxyl groups is 7. The van der Waals surface area contributed by atoms with E-state index in [4.69, 9.17) is 9.05 Å². The molecular weight excluding hydrogens is 934 g/mol. The standard InChI is InChI=1S/C58H112NO12P/c1-3-5-7-9-11-13-15-17-19-21-23-25-27-29-31-33-35-37-39-41-43-45-49(60)47-52(62)59-50(48-70-72(68,69)71-58-56(66)54(64)53(63)55(65)57(58)67)51(61)46-44-42-40-38-36-34-32-30-28-26-24-22-20-18-16-14-12-10-8-6-4-2/h23,25,29,31,49-51,53-58,60-61,63-67H,3-22,24,26-28,30,32-48H2,1-2H3,(H,59,62)(H,68,69)/b25-23-,31-29-. The highest BCUT2D eigenvalue weighted by molar-refractivity contribution is 7.47. The first-order valence-corrected chi connectivity index (χ1v) is 31.4. The van der Waals surface area contributed by atoms with Gasteiger partial charge in [0.05, 0.1) is 31.3 Å². The van der Waals surface area contributed by atoms with Gasteiger partial charge >= 0.3 is 7.82 Å². The molecule has 0 spiro atoms. The van der Waals surface area contributed by atoms with Crippen molar-refractivity contribution < 1.29 is 59.0 Å². The van der Waals surface area contributed by atoms with E-state index in [1.807, 2.05) is 0 Å². The number of unbranched alkanes of at least 4 members (excludes halogenated alkanes) is 34. The van der Waals surface area contributed by atoms with Crippen LogP contribution in [-0.4, -0.2) is 108 Å². The maximum atomic E-state index is 13.1. The molecule has 426 valence electrons. The number of phosphoric acid groups is 1. The van der Waals surface area contributed by atoms with Crippen LogP contribution < -0.4 is 5.32 Å². The lowest BCUT2D eigenvalue weighted by atomic mass is 9.85. The Morgan fingerprint density at radius 3 is 1.21 bits per heavy atom. The van der Waals surface area contributed by atoms with Crippen LogP contribution in [0, 0.1) is 0 Å². The van der Waals surface area contributed by atoms with Crippen LogP contribution in [0.15, 0.2) is 24.3 Å². The van der Waals surface area contributed by atoms with Gasteiger partial charge in [0, 0.05) is 0 Å². The highest BCUT2D eigenvalue weighted by Crippen LogP contribution is 2.47. The van der Waals surface area contributed by atoms with Crippen LogP contribution in [0.5, 0.6) is 0 Å². The first-order chi connectivity index (χ1) is 34.8. The SMILES string of the molecule is CCCCCCCCCCC/C=C\C/C=C\CCCCCCCC(O)CC(=O)NC(COP(=O)(O)OC1C(O)C(O)C(O)C(O)C1O)C(O)CCCCCCCCCCCCCCCCCCCCCCC. The molecule has 14 heteroatoms. The fourth-order valence-electron chi connectivity index (χ4n) is 9.75. The molecule has 13 nitrogen and oxygen atoms in total. The predicted molar refractivity (Wildman–Crippen MR) is 294 cm³/mol. The monoisotopic (exact) mass is 1050 g/mol. The molecule has 0 bridgehead atoms. The Hall–Kier alpha value is -1.22. The van der Waals surface area contributed by atoms with Gasteiger partial charge in [0.1, 0.15) is 36.6 Å². The Morgan fingerprint density at radius 2 is 0.819 bits per heavy atom. The molecule has 0 aliphatic heterocycles. The molecule has 1 rings (SSSR count). The minimum absolute atomic E-state index is 0.229. The van der Waals surface area contributed by atoms with Crippen molar-refractivity contribution in [2.24, 2.45) is 0 Å². The number of carbonyl (C=O) groups excluding carboxylic acids is 1. The molecule has 1 amide bonds. The fourth-order valence-corrected chi connectivity index (χ4v) is 10.7. The Bertz CT molecular complexity index is 1320. The van der Waals surface area contributed by atoms with Gasteiger partial charge in [0.25, 0.3) is 0 Å². The van der Waals surface area contributed by atoms with Crippen molar-refractivity contribution >= 4 is 13.7 Å². The molecule has 0 aromatic rings. The van der Waals surface area contributed by atoms with E-state index in [-0.39, 0.29) is 12.8 Å². The summed E-state index contributed by atoms with van der Waals surface area (Å²) in [6.45, 7) is 3.84. The van der Waals surface area contributed by atoms with Crippen LogP contribution in [0.4, 0.5) is 0 Å². The summed E-state index contributed by atoms with van der Waals surface area (Å²) in [5.74, 6) is -0.564. The van der Waals surface area contributed by atoms with E-state index < -0.39 is 75.2 Å². The molecule has 0 radical (unpaired) electrons. The quantitative estimate of drug-likeness (QED) is 0.0158. The topological polar surface area (TPSA) is 226 Å². The van der Waals surface area contributed by atoms with E-state index in [1.165, 1.54) is 167 Å². The number of allylic oxidation sites excluding steroid dienone is 4. The zero-order valence-corrected chi connectivity index (χ0v) is 46.8. The van der Waals surface area contributed by atoms with E-state index in [9.17, 15) is 50.0 Å². The maximum Gasteiger partial charge on any atom is 0.472 e. The molecule has 0 aromatic heterocycles. The van der Waals surface area contributed by atoms with E-state index >= 15 is 0 Å².